The van der Waals surface area contributed by atoms with E-state index in [-0.39, 0.29) is 18.0 Å². The molecule has 0 aliphatic rings. The van der Waals surface area contributed by atoms with Crippen molar-refractivity contribution in [3.8, 4) is 0 Å². The molecule has 0 radical (unpaired) electrons. The average molecular weight is 236 g/mol. The highest BCUT2D eigenvalue weighted by molar-refractivity contribution is 5.13. The van der Waals surface area contributed by atoms with Crippen LogP contribution in [0, 0.1) is 13.8 Å². The Morgan fingerprint density at radius 3 is 2.50 bits per heavy atom. The fourth-order valence-corrected chi connectivity index (χ4v) is 1.04. The summed E-state index contributed by atoms with van der Waals surface area (Å²) in [5.41, 5.74) is 0.562. The molecule has 0 bridgehead atoms. The van der Waals surface area contributed by atoms with E-state index in [4.69, 9.17) is 0 Å². The molecule has 1 N–H and O–H groups in total. The third kappa shape index (κ3) is 3.65. The maximum absolute atomic E-state index is 11.8. The molecule has 90 valence electrons. The van der Waals surface area contributed by atoms with Crippen molar-refractivity contribution in [3.05, 3.63) is 27.4 Å². The van der Waals surface area contributed by atoms with Crippen LogP contribution in [0.5, 0.6) is 0 Å². The molecular formula is C9H11F3N2O2. The number of aromatic amines is 1. The maximum atomic E-state index is 11.8. The number of ether oxygens (including phenoxy) is 1. The zero-order valence-electron chi connectivity index (χ0n) is 8.81. The Morgan fingerprint density at radius 1 is 1.38 bits per heavy atom. The second-order valence-corrected chi connectivity index (χ2v) is 3.33. The summed E-state index contributed by atoms with van der Waals surface area (Å²) in [6.07, 6.45) is -4.37. The van der Waals surface area contributed by atoms with E-state index in [0.717, 1.165) is 0 Å². The lowest BCUT2D eigenvalue weighted by molar-refractivity contribution is -0.177. The van der Waals surface area contributed by atoms with Crippen molar-refractivity contribution < 1.29 is 17.9 Å². The largest absolute Gasteiger partial charge is 0.411 e. The normalized spacial score (nSPS) is 11.8. The summed E-state index contributed by atoms with van der Waals surface area (Å²) in [5.74, 6) is 0.0948. The summed E-state index contributed by atoms with van der Waals surface area (Å²) in [6, 6.07) is 0. The van der Waals surface area contributed by atoms with Gasteiger partial charge in [0.05, 0.1) is 0 Å². The van der Waals surface area contributed by atoms with Gasteiger partial charge >= 0.3 is 6.18 Å². The molecule has 1 heterocycles. The lowest BCUT2D eigenvalue weighted by Crippen LogP contribution is -2.20. The number of rotatable bonds is 3. The summed E-state index contributed by atoms with van der Waals surface area (Å²) >= 11 is 0. The van der Waals surface area contributed by atoms with Crippen molar-refractivity contribution in [1.29, 1.82) is 0 Å². The first-order chi connectivity index (χ1) is 7.29. The van der Waals surface area contributed by atoms with E-state index in [0.29, 0.717) is 11.3 Å². The molecule has 0 spiro atoms. The number of aromatic nitrogens is 2. The molecule has 7 heteroatoms. The van der Waals surface area contributed by atoms with Crippen molar-refractivity contribution in [3.63, 3.8) is 0 Å². The van der Waals surface area contributed by atoms with Crippen LogP contribution in [-0.4, -0.2) is 22.8 Å². The number of nitrogens with one attached hydrogen (secondary N) is 1. The van der Waals surface area contributed by atoms with Gasteiger partial charge < -0.3 is 9.72 Å². The molecule has 0 fully saturated rings. The van der Waals surface area contributed by atoms with E-state index in [1.807, 2.05) is 0 Å². The van der Waals surface area contributed by atoms with Gasteiger partial charge in [-0.2, -0.15) is 13.2 Å². The minimum absolute atomic E-state index is 0.0948. The Labute approximate surface area is 89.5 Å². The zero-order valence-corrected chi connectivity index (χ0v) is 8.81. The summed E-state index contributed by atoms with van der Waals surface area (Å²) in [6.45, 7) is 1.47. The quantitative estimate of drug-likeness (QED) is 0.864. The standard InChI is InChI=1S/C9H11F3N2O2/c1-5-6(2)13-7(14-8(5)15)3-16-4-9(10,11)12/h3-4H2,1-2H3,(H,13,14,15). The van der Waals surface area contributed by atoms with E-state index in [1.54, 1.807) is 13.8 Å². The van der Waals surface area contributed by atoms with Crippen LogP contribution < -0.4 is 5.56 Å². The van der Waals surface area contributed by atoms with Gasteiger partial charge in [-0.05, 0) is 13.8 Å². The van der Waals surface area contributed by atoms with Gasteiger partial charge in [0.25, 0.3) is 5.56 Å². The van der Waals surface area contributed by atoms with Gasteiger partial charge in [0.15, 0.2) is 0 Å². The Kier molecular flexibility index (Phi) is 3.69. The molecule has 0 unspecified atom stereocenters. The molecule has 0 aromatic carbocycles. The topological polar surface area (TPSA) is 55.0 Å². The summed E-state index contributed by atoms with van der Waals surface area (Å²) < 4.78 is 39.7. The Balaban J connectivity index is 2.66. The van der Waals surface area contributed by atoms with Gasteiger partial charge in [-0.3, -0.25) is 4.79 Å². The predicted octanol–water partition coefficient (Wildman–Crippen LogP) is 1.47. The first kappa shape index (κ1) is 12.7. The van der Waals surface area contributed by atoms with E-state index >= 15 is 0 Å². The molecular weight excluding hydrogens is 225 g/mol. The van der Waals surface area contributed by atoms with Gasteiger partial charge in [-0.25, -0.2) is 4.98 Å². The monoisotopic (exact) mass is 236 g/mol. The third-order valence-corrected chi connectivity index (χ3v) is 1.95. The SMILES string of the molecule is Cc1nc(COCC(F)(F)F)[nH]c(=O)c1C. The lowest BCUT2D eigenvalue weighted by atomic mass is 10.3. The molecule has 4 nitrogen and oxygen atoms in total. The Morgan fingerprint density at radius 2 is 2.00 bits per heavy atom. The second-order valence-electron chi connectivity index (χ2n) is 3.33. The number of halogens is 3. The van der Waals surface area contributed by atoms with Crippen molar-refractivity contribution in [2.75, 3.05) is 6.61 Å². The van der Waals surface area contributed by atoms with Gasteiger partial charge in [-0.15, -0.1) is 0 Å². The second kappa shape index (κ2) is 4.65. The van der Waals surface area contributed by atoms with Crippen molar-refractivity contribution in [2.24, 2.45) is 0 Å². The van der Waals surface area contributed by atoms with Gasteiger partial charge in [0.2, 0.25) is 0 Å². The first-order valence-electron chi connectivity index (χ1n) is 4.50. The fourth-order valence-electron chi connectivity index (χ4n) is 1.04. The van der Waals surface area contributed by atoms with E-state index in [2.05, 4.69) is 14.7 Å². The zero-order chi connectivity index (χ0) is 12.3. The van der Waals surface area contributed by atoms with Crippen LogP contribution in [0.2, 0.25) is 0 Å². The molecule has 0 aliphatic heterocycles. The van der Waals surface area contributed by atoms with E-state index in [9.17, 15) is 18.0 Å². The Hall–Kier alpha value is -1.37. The minimum atomic E-state index is -4.37. The summed E-state index contributed by atoms with van der Waals surface area (Å²) in [5, 5.41) is 0. The third-order valence-electron chi connectivity index (χ3n) is 1.95. The molecule has 0 atom stereocenters. The van der Waals surface area contributed by atoms with Crippen molar-refractivity contribution >= 4 is 0 Å². The van der Waals surface area contributed by atoms with Crippen molar-refractivity contribution in [1.82, 2.24) is 9.97 Å². The van der Waals surface area contributed by atoms with Gasteiger partial charge in [0.1, 0.15) is 19.0 Å². The number of hydrogen-bond acceptors (Lipinski definition) is 3. The number of H-pyrrole nitrogens is 1. The van der Waals surface area contributed by atoms with Crippen LogP contribution in [0.1, 0.15) is 17.1 Å². The van der Waals surface area contributed by atoms with E-state index in [1.165, 1.54) is 0 Å². The van der Waals surface area contributed by atoms with Gasteiger partial charge in [-0.1, -0.05) is 0 Å². The number of aryl methyl sites for hydroxylation is 1. The fraction of sp³-hybridized carbons (Fsp3) is 0.556. The molecule has 0 aliphatic carbocycles. The van der Waals surface area contributed by atoms with Crippen LogP contribution in [0.15, 0.2) is 4.79 Å². The average Bonchev–Trinajstić information content (AvgIpc) is 2.12. The van der Waals surface area contributed by atoms with Crippen LogP contribution >= 0.6 is 0 Å². The summed E-state index contributed by atoms with van der Waals surface area (Å²) in [7, 11) is 0. The maximum Gasteiger partial charge on any atom is 0.411 e. The Bertz CT molecular complexity index is 426. The molecule has 1 aromatic rings. The number of nitrogens with zero attached hydrogens (tertiary/aromatic N) is 1. The number of alkyl halides is 3. The smallest absolute Gasteiger partial charge is 0.364 e. The van der Waals surface area contributed by atoms with E-state index < -0.39 is 12.8 Å². The van der Waals surface area contributed by atoms with Crippen LogP contribution in [0.4, 0.5) is 13.2 Å². The van der Waals surface area contributed by atoms with Crippen molar-refractivity contribution in [2.45, 2.75) is 26.6 Å². The predicted molar refractivity (Wildman–Crippen MR) is 50.0 cm³/mol. The minimum Gasteiger partial charge on any atom is -0.364 e. The van der Waals surface area contributed by atoms with Crippen LogP contribution in [-0.2, 0) is 11.3 Å². The number of hydrogen-bond donors (Lipinski definition) is 1. The molecule has 1 rings (SSSR count). The molecule has 16 heavy (non-hydrogen) atoms. The lowest BCUT2D eigenvalue weighted by Gasteiger charge is -2.07. The molecule has 0 saturated heterocycles. The van der Waals surface area contributed by atoms with Gasteiger partial charge in [0, 0.05) is 11.3 Å². The first-order valence-corrected chi connectivity index (χ1v) is 4.50. The highest BCUT2D eigenvalue weighted by Crippen LogP contribution is 2.14. The molecule has 0 amide bonds. The highest BCUT2D eigenvalue weighted by atomic mass is 19.4. The summed E-state index contributed by atoms with van der Waals surface area (Å²) in [4.78, 5) is 17.5. The highest BCUT2D eigenvalue weighted by Gasteiger charge is 2.27. The van der Waals surface area contributed by atoms with Crippen LogP contribution in [0.25, 0.3) is 0 Å². The van der Waals surface area contributed by atoms with Crippen LogP contribution in [0.3, 0.4) is 0 Å². The molecule has 0 saturated carbocycles. The molecule has 1 aromatic heterocycles.